The van der Waals surface area contributed by atoms with E-state index < -0.39 is 0 Å². The van der Waals surface area contributed by atoms with Gasteiger partial charge in [-0.1, -0.05) is 162 Å². The van der Waals surface area contributed by atoms with Gasteiger partial charge in [-0.2, -0.15) is 0 Å². The molecule has 0 aliphatic carbocycles. The summed E-state index contributed by atoms with van der Waals surface area (Å²) in [7, 11) is 0. The average Bonchev–Trinajstić information content (AvgIpc) is 3.44. The molecule has 0 radical (unpaired) electrons. The summed E-state index contributed by atoms with van der Waals surface area (Å²) < 4.78 is 2.42. The van der Waals surface area contributed by atoms with Crippen molar-refractivity contribution in [1.82, 2.24) is 9.55 Å². The van der Waals surface area contributed by atoms with E-state index in [2.05, 4.69) is 49.8 Å². The SMILES string of the molecule is CCCCCCCCCCCCCCCC(CCCCCCCCCCC)C(C)(CC)n1ccnc1. The van der Waals surface area contributed by atoms with Crippen LogP contribution >= 0.6 is 0 Å². The van der Waals surface area contributed by atoms with Crippen molar-refractivity contribution in [2.45, 2.75) is 194 Å². The molecule has 0 spiro atoms. The first-order valence-electron chi connectivity index (χ1n) is 16.7. The Morgan fingerprint density at radius 3 is 1.22 bits per heavy atom. The van der Waals surface area contributed by atoms with E-state index in [9.17, 15) is 0 Å². The maximum absolute atomic E-state index is 4.40. The molecule has 1 aromatic rings. The van der Waals surface area contributed by atoms with Gasteiger partial charge < -0.3 is 4.57 Å². The number of hydrogen-bond donors (Lipinski definition) is 0. The van der Waals surface area contributed by atoms with E-state index in [0.717, 1.165) is 5.92 Å². The number of aromatic nitrogens is 2. The molecular weight excluding hydrogens is 436 g/mol. The molecule has 0 N–H and O–H groups in total. The minimum atomic E-state index is 0.216. The Bertz CT molecular complexity index is 552. The predicted octanol–water partition coefficient (Wildman–Crippen LogP) is 12.0. The zero-order valence-electron chi connectivity index (χ0n) is 25.4. The smallest absolute Gasteiger partial charge is 0.0951 e. The minimum absolute atomic E-state index is 0.216. The molecule has 0 amide bonds. The third kappa shape index (κ3) is 15.5. The molecule has 36 heavy (non-hydrogen) atoms. The van der Waals surface area contributed by atoms with Gasteiger partial charge in [-0.05, 0) is 32.1 Å². The average molecular weight is 503 g/mol. The fraction of sp³-hybridized carbons (Fsp3) is 0.912. The Hall–Kier alpha value is -0.790. The van der Waals surface area contributed by atoms with Gasteiger partial charge in [-0.15, -0.1) is 0 Å². The molecule has 0 saturated carbocycles. The molecule has 0 aliphatic rings. The third-order valence-corrected chi connectivity index (χ3v) is 9.00. The predicted molar refractivity (Wildman–Crippen MR) is 162 cm³/mol. The van der Waals surface area contributed by atoms with Crippen LogP contribution in [0.15, 0.2) is 18.7 Å². The topological polar surface area (TPSA) is 17.8 Å². The molecule has 1 aromatic heterocycles. The second-order valence-electron chi connectivity index (χ2n) is 12.0. The molecular formula is C34H66N2. The van der Waals surface area contributed by atoms with Crippen molar-refractivity contribution in [2.75, 3.05) is 0 Å². The lowest BCUT2D eigenvalue weighted by atomic mass is 9.76. The van der Waals surface area contributed by atoms with Crippen LogP contribution in [0, 0.1) is 5.92 Å². The zero-order chi connectivity index (χ0) is 26.2. The van der Waals surface area contributed by atoms with Crippen LogP contribution in [0.4, 0.5) is 0 Å². The first kappa shape index (κ1) is 33.2. The summed E-state index contributed by atoms with van der Waals surface area (Å²) in [6.07, 6.45) is 41.8. The van der Waals surface area contributed by atoms with E-state index in [1.54, 1.807) is 0 Å². The van der Waals surface area contributed by atoms with Crippen LogP contribution in [0.2, 0.25) is 0 Å². The van der Waals surface area contributed by atoms with Crippen molar-refractivity contribution >= 4 is 0 Å². The van der Waals surface area contributed by atoms with Gasteiger partial charge in [-0.3, -0.25) is 0 Å². The standard InChI is InChI=1S/C34H66N2/c1-5-8-10-12-14-16-17-18-19-21-23-25-27-29-33(34(4,7-3)36-31-30-35-32-36)28-26-24-22-20-15-13-11-9-6-2/h30-33H,5-29H2,1-4H3. The molecule has 0 bridgehead atoms. The number of nitrogens with zero attached hydrogens (tertiary/aromatic N) is 2. The molecule has 212 valence electrons. The van der Waals surface area contributed by atoms with Crippen LogP contribution in [-0.4, -0.2) is 9.55 Å². The normalized spacial score (nSPS) is 14.2. The Balaban J connectivity index is 2.26. The molecule has 0 aliphatic heterocycles. The van der Waals surface area contributed by atoms with Gasteiger partial charge in [0, 0.05) is 17.9 Å². The van der Waals surface area contributed by atoms with Crippen molar-refractivity contribution in [3.63, 3.8) is 0 Å². The fourth-order valence-electron chi connectivity index (χ4n) is 6.12. The van der Waals surface area contributed by atoms with Gasteiger partial charge in [0.1, 0.15) is 0 Å². The molecule has 2 heteroatoms. The van der Waals surface area contributed by atoms with Gasteiger partial charge in [0.15, 0.2) is 0 Å². The fourth-order valence-corrected chi connectivity index (χ4v) is 6.12. The summed E-state index contributed by atoms with van der Waals surface area (Å²) in [5, 5.41) is 0. The van der Waals surface area contributed by atoms with Crippen molar-refractivity contribution in [2.24, 2.45) is 5.92 Å². The summed E-state index contributed by atoms with van der Waals surface area (Å²) in [5.74, 6) is 0.772. The molecule has 1 heterocycles. The Labute approximate surface area is 227 Å². The van der Waals surface area contributed by atoms with Crippen LogP contribution in [-0.2, 0) is 5.54 Å². The van der Waals surface area contributed by atoms with Gasteiger partial charge in [0.05, 0.1) is 6.33 Å². The summed E-state index contributed by atoms with van der Waals surface area (Å²) >= 11 is 0. The van der Waals surface area contributed by atoms with Crippen molar-refractivity contribution < 1.29 is 0 Å². The second kappa shape index (κ2) is 23.3. The van der Waals surface area contributed by atoms with Crippen LogP contribution in [0.1, 0.15) is 188 Å². The lowest BCUT2D eigenvalue weighted by Crippen LogP contribution is -2.37. The van der Waals surface area contributed by atoms with E-state index in [-0.39, 0.29) is 5.54 Å². The second-order valence-corrected chi connectivity index (χ2v) is 12.0. The van der Waals surface area contributed by atoms with E-state index in [4.69, 9.17) is 0 Å². The highest BCUT2D eigenvalue weighted by Crippen LogP contribution is 2.37. The summed E-state index contributed by atoms with van der Waals surface area (Å²) in [5.41, 5.74) is 0.216. The molecule has 2 nitrogen and oxygen atoms in total. The van der Waals surface area contributed by atoms with Crippen LogP contribution in [0.5, 0.6) is 0 Å². The van der Waals surface area contributed by atoms with Crippen LogP contribution in [0.3, 0.4) is 0 Å². The van der Waals surface area contributed by atoms with Crippen molar-refractivity contribution in [3.05, 3.63) is 18.7 Å². The molecule has 2 unspecified atom stereocenters. The maximum Gasteiger partial charge on any atom is 0.0951 e. The van der Waals surface area contributed by atoms with Gasteiger partial charge >= 0.3 is 0 Å². The molecule has 0 aromatic carbocycles. The van der Waals surface area contributed by atoms with E-state index in [1.165, 1.54) is 161 Å². The van der Waals surface area contributed by atoms with E-state index >= 15 is 0 Å². The monoisotopic (exact) mass is 503 g/mol. The summed E-state index contributed by atoms with van der Waals surface area (Å²) in [4.78, 5) is 4.40. The Morgan fingerprint density at radius 2 is 0.917 bits per heavy atom. The van der Waals surface area contributed by atoms with Crippen molar-refractivity contribution in [1.29, 1.82) is 0 Å². The highest BCUT2D eigenvalue weighted by atomic mass is 15.1. The number of unbranched alkanes of at least 4 members (excludes halogenated alkanes) is 20. The first-order valence-corrected chi connectivity index (χ1v) is 16.7. The highest BCUT2D eigenvalue weighted by molar-refractivity contribution is 4.93. The zero-order valence-corrected chi connectivity index (χ0v) is 25.4. The lowest BCUT2D eigenvalue weighted by Gasteiger charge is -2.39. The lowest BCUT2D eigenvalue weighted by molar-refractivity contribution is 0.153. The van der Waals surface area contributed by atoms with Gasteiger partial charge in [-0.25, -0.2) is 4.98 Å². The Kier molecular flexibility index (Phi) is 21.5. The quantitative estimate of drug-likeness (QED) is 0.109. The summed E-state index contributed by atoms with van der Waals surface area (Å²) in [6, 6.07) is 0. The molecule has 0 saturated heterocycles. The third-order valence-electron chi connectivity index (χ3n) is 9.00. The molecule has 1 rings (SSSR count). The van der Waals surface area contributed by atoms with Gasteiger partial charge in [0.2, 0.25) is 0 Å². The number of rotatable bonds is 27. The van der Waals surface area contributed by atoms with Crippen LogP contribution in [0.25, 0.3) is 0 Å². The highest BCUT2D eigenvalue weighted by Gasteiger charge is 2.33. The first-order chi connectivity index (χ1) is 17.7. The van der Waals surface area contributed by atoms with E-state index in [0.29, 0.717) is 0 Å². The number of imidazole rings is 1. The minimum Gasteiger partial charge on any atom is -0.331 e. The molecule has 0 fully saturated rings. The maximum atomic E-state index is 4.40. The number of hydrogen-bond acceptors (Lipinski definition) is 1. The Morgan fingerprint density at radius 1 is 0.556 bits per heavy atom. The van der Waals surface area contributed by atoms with Crippen molar-refractivity contribution in [3.8, 4) is 0 Å². The largest absolute Gasteiger partial charge is 0.331 e. The van der Waals surface area contributed by atoms with E-state index in [1.807, 2.05) is 6.20 Å². The van der Waals surface area contributed by atoms with Gasteiger partial charge in [0.25, 0.3) is 0 Å². The summed E-state index contributed by atoms with van der Waals surface area (Å²) in [6.45, 7) is 9.49. The van der Waals surface area contributed by atoms with Crippen LogP contribution < -0.4 is 0 Å². The molecule has 2 atom stereocenters.